The SMILES string of the molecule is CC(=O)c1ccc(NC(=O)[C@H](C)OC(=O)C(c2ccccc2)c2ccccc2)cc1. The molecule has 3 rings (SSSR count). The fourth-order valence-corrected chi connectivity index (χ4v) is 3.08. The predicted molar refractivity (Wildman–Crippen MR) is 115 cm³/mol. The molecule has 0 aliphatic rings. The molecule has 0 unspecified atom stereocenters. The van der Waals surface area contributed by atoms with Gasteiger partial charge in [0.1, 0.15) is 5.92 Å². The maximum atomic E-state index is 13.0. The smallest absolute Gasteiger partial charge is 0.318 e. The highest BCUT2D eigenvalue weighted by molar-refractivity contribution is 5.97. The number of hydrogen-bond acceptors (Lipinski definition) is 4. The molecule has 0 fully saturated rings. The van der Waals surface area contributed by atoms with Crippen molar-refractivity contribution >= 4 is 23.3 Å². The molecule has 0 aromatic heterocycles. The first-order valence-corrected chi connectivity index (χ1v) is 9.68. The topological polar surface area (TPSA) is 72.5 Å². The van der Waals surface area contributed by atoms with Crippen LogP contribution in [0.15, 0.2) is 84.9 Å². The van der Waals surface area contributed by atoms with E-state index in [9.17, 15) is 14.4 Å². The number of benzene rings is 3. The van der Waals surface area contributed by atoms with Gasteiger partial charge in [-0.2, -0.15) is 0 Å². The summed E-state index contributed by atoms with van der Waals surface area (Å²) in [4.78, 5) is 36.9. The van der Waals surface area contributed by atoms with Crippen LogP contribution in [0.2, 0.25) is 0 Å². The van der Waals surface area contributed by atoms with Gasteiger partial charge in [-0.3, -0.25) is 14.4 Å². The lowest BCUT2D eigenvalue weighted by atomic mass is 9.91. The summed E-state index contributed by atoms with van der Waals surface area (Å²) in [6.07, 6.45) is -0.986. The minimum Gasteiger partial charge on any atom is -0.452 e. The zero-order chi connectivity index (χ0) is 21.5. The van der Waals surface area contributed by atoms with Crippen molar-refractivity contribution in [2.45, 2.75) is 25.9 Å². The van der Waals surface area contributed by atoms with Gasteiger partial charge in [0, 0.05) is 11.3 Å². The molecule has 5 nitrogen and oxygen atoms in total. The van der Waals surface area contributed by atoms with E-state index in [4.69, 9.17) is 4.74 Å². The summed E-state index contributed by atoms with van der Waals surface area (Å²) in [7, 11) is 0. The summed E-state index contributed by atoms with van der Waals surface area (Å²) in [5.74, 6) is -1.62. The first-order valence-electron chi connectivity index (χ1n) is 9.68. The van der Waals surface area contributed by atoms with Crippen molar-refractivity contribution in [1.29, 1.82) is 0 Å². The maximum absolute atomic E-state index is 13.0. The van der Waals surface area contributed by atoms with Crippen molar-refractivity contribution in [3.8, 4) is 0 Å². The number of hydrogen-bond donors (Lipinski definition) is 1. The first-order chi connectivity index (χ1) is 14.5. The molecule has 0 saturated carbocycles. The van der Waals surface area contributed by atoms with Crippen LogP contribution < -0.4 is 5.32 Å². The predicted octanol–water partition coefficient (Wildman–Crippen LogP) is 4.59. The van der Waals surface area contributed by atoms with E-state index in [2.05, 4.69) is 5.32 Å². The second-order valence-corrected chi connectivity index (χ2v) is 6.96. The lowest BCUT2D eigenvalue weighted by Gasteiger charge is -2.20. The van der Waals surface area contributed by atoms with Gasteiger partial charge in [-0.25, -0.2) is 0 Å². The number of anilines is 1. The van der Waals surface area contributed by atoms with E-state index in [1.807, 2.05) is 60.7 Å². The van der Waals surface area contributed by atoms with E-state index < -0.39 is 23.9 Å². The normalized spacial score (nSPS) is 11.6. The van der Waals surface area contributed by atoms with E-state index in [1.165, 1.54) is 13.8 Å². The monoisotopic (exact) mass is 401 g/mol. The quantitative estimate of drug-likeness (QED) is 0.464. The summed E-state index contributed by atoms with van der Waals surface area (Å²) in [6.45, 7) is 3.01. The molecular formula is C25H23NO4. The molecule has 0 spiro atoms. The lowest BCUT2D eigenvalue weighted by molar-refractivity contribution is -0.153. The Balaban J connectivity index is 1.71. The Hall–Kier alpha value is -3.73. The summed E-state index contributed by atoms with van der Waals surface area (Å²) < 4.78 is 5.51. The Morgan fingerprint density at radius 1 is 0.767 bits per heavy atom. The molecular weight excluding hydrogens is 378 g/mol. The number of amides is 1. The van der Waals surface area contributed by atoms with Crippen LogP contribution in [0.1, 0.15) is 41.3 Å². The number of carbonyl (C=O) groups is 3. The second kappa shape index (κ2) is 9.65. The van der Waals surface area contributed by atoms with Gasteiger partial charge in [-0.05, 0) is 49.2 Å². The molecule has 5 heteroatoms. The zero-order valence-electron chi connectivity index (χ0n) is 16.9. The zero-order valence-corrected chi connectivity index (χ0v) is 16.9. The summed E-state index contributed by atoms with van der Waals surface area (Å²) in [5, 5.41) is 2.70. The van der Waals surface area contributed by atoms with E-state index in [0.29, 0.717) is 11.3 Å². The fourth-order valence-electron chi connectivity index (χ4n) is 3.08. The third-order valence-corrected chi connectivity index (χ3v) is 4.72. The lowest BCUT2D eigenvalue weighted by Crippen LogP contribution is -2.32. The van der Waals surface area contributed by atoms with E-state index in [0.717, 1.165) is 11.1 Å². The molecule has 3 aromatic rings. The van der Waals surface area contributed by atoms with Crippen molar-refractivity contribution in [2.75, 3.05) is 5.32 Å². The van der Waals surface area contributed by atoms with Crippen LogP contribution >= 0.6 is 0 Å². The average Bonchev–Trinajstić information content (AvgIpc) is 2.75. The molecule has 3 aromatic carbocycles. The van der Waals surface area contributed by atoms with Crippen LogP contribution in [-0.2, 0) is 14.3 Å². The Kier molecular flexibility index (Phi) is 6.75. The first kappa shape index (κ1) is 21.0. The number of carbonyl (C=O) groups excluding carboxylic acids is 3. The third-order valence-electron chi connectivity index (χ3n) is 4.72. The highest BCUT2D eigenvalue weighted by Crippen LogP contribution is 2.26. The molecule has 152 valence electrons. The van der Waals surface area contributed by atoms with Crippen LogP contribution in [0.5, 0.6) is 0 Å². The van der Waals surface area contributed by atoms with Gasteiger partial charge < -0.3 is 10.1 Å². The third kappa shape index (κ3) is 5.20. The minimum atomic E-state index is -0.986. The van der Waals surface area contributed by atoms with Crippen molar-refractivity contribution in [2.24, 2.45) is 0 Å². The van der Waals surface area contributed by atoms with Crippen molar-refractivity contribution in [3.63, 3.8) is 0 Å². The molecule has 0 radical (unpaired) electrons. The number of Topliss-reactive ketones (excluding diaryl/α,β-unsaturated/α-hetero) is 1. The Morgan fingerprint density at radius 3 is 1.73 bits per heavy atom. The summed E-state index contributed by atoms with van der Waals surface area (Å²) in [5.41, 5.74) is 2.67. The van der Waals surface area contributed by atoms with Crippen LogP contribution in [0.3, 0.4) is 0 Å². The largest absolute Gasteiger partial charge is 0.452 e. The number of esters is 1. The molecule has 1 N–H and O–H groups in total. The molecule has 30 heavy (non-hydrogen) atoms. The fraction of sp³-hybridized carbons (Fsp3) is 0.160. The van der Waals surface area contributed by atoms with Gasteiger partial charge in [0.2, 0.25) is 0 Å². The van der Waals surface area contributed by atoms with Crippen molar-refractivity contribution in [1.82, 2.24) is 0 Å². The Bertz CT molecular complexity index is 975. The number of ketones is 1. The van der Waals surface area contributed by atoms with Gasteiger partial charge in [-0.1, -0.05) is 60.7 Å². The van der Waals surface area contributed by atoms with E-state index in [-0.39, 0.29) is 5.78 Å². The molecule has 0 heterocycles. The number of rotatable bonds is 7. The average molecular weight is 401 g/mol. The van der Waals surface area contributed by atoms with Gasteiger partial charge in [0.25, 0.3) is 5.91 Å². The highest BCUT2D eigenvalue weighted by Gasteiger charge is 2.27. The van der Waals surface area contributed by atoms with Gasteiger partial charge in [-0.15, -0.1) is 0 Å². The molecule has 0 aliphatic carbocycles. The molecule has 0 saturated heterocycles. The van der Waals surface area contributed by atoms with Gasteiger partial charge in [0.05, 0.1) is 0 Å². The van der Waals surface area contributed by atoms with E-state index >= 15 is 0 Å². The van der Waals surface area contributed by atoms with Gasteiger partial charge >= 0.3 is 5.97 Å². The van der Waals surface area contributed by atoms with Crippen LogP contribution in [0, 0.1) is 0 Å². The summed E-state index contributed by atoms with van der Waals surface area (Å²) >= 11 is 0. The second-order valence-electron chi connectivity index (χ2n) is 6.96. The Labute approximate surface area is 175 Å². The maximum Gasteiger partial charge on any atom is 0.318 e. The standard InChI is InChI=1S/C25H23NO4/c1-17(27)19-13-15-22(16-14-19)26-24(28)18(2)30-25(29)23(20-9-5-3-6-10-20)21-11-7-4-8-12-21/h3-16,18,23H,1-2H3,(H,26,28)/t18-/m0/s1. The van der Waals surface area contributed by atoms with E-state index in [1.54, 1.807) is 24.3 Å². The minimum absolute atomic E-state index is 0.0527. The molecule has 1 atom stereocenters. The number of ether oxygens (including phenoxy) is 1. The highest BCUT2D eigenvalue weighted by atomic mass is 16.5. The Morgan fingerprint density at radius 2 is 1.27 bits per heavy atom. The van der Waals surface area contributed by atoms with Crippen LogP contribution in [0.25, 0.3) is 0 Å². The molecule has 0 aliphatic heterocycles. The van der Waals surface area contributed by atoms with Crippen molar-refractivity contribution < 1.29 is 19.1 Å². The number of nitrogens with one attached hydrogen (secondary N) is 1. The van der Waals surface area contributed by atoms with Crippen LogP contribution in [0.4, 0.5) is 5.69 Å². The molecule has 1 amide bonds. The molecule has 0 bridgehead atoms. The summed E-state index contributed by atoms with van der Waals surface area (Å²) in [6, 6.07) is 25.2. The van der Waals surface area contributed by atoms with Gasteiger partial charge in [0.15, 0.2) is 11.9 Å². The van der Waals surface area contributed by atoms with Crippen molar-refractivity contribution in [3.05, 3.63) is 102 Å². The van der Waals surface area contributed by atoms with Crippen LogP contribution in [-0.4, -0.2) is 23.8 Å².